The van der Waals surface area contributed by atoms with Crippen molar-refractivity contribution in [3.63, 3.8) is 0 Å². The smallest absolute Gasteiger partial charge is 0.322 e. The third-order valence-corrected chi connectivity index (χ3v) is 6.01. The summed E-state index contributed by atoms with van der Waals surface area (Å²) >= 11 is 1.49. The van der Waals surface area contributed by atoms with Crippen molar-refractivity contribution in [3.05, 3.63) is 17.5 Å². The number of hydrogen-bond donors (Lipinski definition) is 1. The lowest BCUT2D eigenvalue weighted by atomic mass is 9.92. The van der Waals surface area contributed by atoms with Gasteiger partial charge in [0.25, 0.3) is 0 Å². The normalized spacial score (nSPS) is 19.3. The molecule has 7 nitrogen and oxygen atoms in total. The number of rotatable bonds is 3. The molecule has 2 aliphatic rings. The number of carbonyl (C=O) groups excluding carboxylic acids is 3. The molecule has 2 aliphatic heterocycles. The number of esters is 1. The number of thiophene rings is 1. The Kier molecular flexibility index (Phi) is 6.13. The van der Waals surface area contributed by atoms with E-state index in [0.29, 0.717) is 51.9 Å². The lowest BCUT2D eigenvalue weighted by Crippen LogP contribution is -2.47. The molecular weight excluding hydrogens is 354 g/mol. The Morgan fingerprint density at radius 3 is 2.23 bits per heavy atom. The predicted octanol–water partition coefficient (Wildman–Crippen LogP) is 2.40. The number of urea groups is 1. The Labute approximate surface area is 157 Å². The van der Waals surface area contributed by atoms with E-state index in [1.54, 1.807) is 4.90 Å². The highest BCUT2D eigenvalue weighted by atomic mass is 32.1. The van der Waals surface area contributed by atoms with Crippen LogP contribution in [0, 0.1) is 11.8 Å². The van der Waals surface area contributed by atoms with Crippen LogP contribution in [0.2, 0.25) is 0 Å². The third kappa shape index (κ3) is 4.35. The molecule has 0 spiro atoms. The van der Waals surface area contributed by atoms with Crippen molar-refractivity contribution < 1.29 is 19.1 Å². The summed E-state index contributed by atoms with van der Waals surface area (Å²) in [5, 5.41) is 5.64. The van der Waals surface area contributed by atoms with Gasteiger partial charge in [0.15, 0.2) is 0 Å². The zero-order valence-electron chi connectivity index (χ0n) is 15.0. The first-order chi connectivity index (χ1) is 12.6. The molecule has 142 valence electrons. The maximum atomic E-state index is 12.7. The standard InChI is InChI=1S/C18H25N3O4S/c1-25-17(23)14-6-8-20(9-7-14)16(22)13-4-10-21(11-5-13)18(24)19-15-3-2-12-26-15/h2-3,12-14H,4-11H2,1H3,(H,19,24). The molecular formula is C18H25N3O4S. The summed E-state index contributed by atoms with van der Waals surface area (Å²) in [6.07, 6.45) is 2.71. The molecule has 3 amide bonds. The molecule has 0 aliphatic carbocycles. The van der Waals surface area contributed by atoms with Crippen molar-refractivity contribution in [3.8, 4) is 0 Å². The lowest BCUT2D eigenvalue weighted by molar-refractivity contribution is -0.149. The second-order valence-corrected chi connectivity index (χ2v) is 7.74. The van der Waals surface area contributed by atoms with Crippen LogP contribution in [0.15, 0.2) is 17.5 Å². The quantitative estimate of drug-likeness (QED) is 0.818. The molecule has 0 saturated carbocycles. The zero-order valence-corrected chi connectivity index (χ0v) is 15.8. The Morgan fingerprint density at radius 1 is 1.04 bits per heavy atom. The van der Waals surface area contributed by atoms with Crippen LogP contribution in [0.3, 0.4) is 0 Å². The molecule has 0 radical (unpaired) electrons. The number of carbonyl (C=O) groups is 3. The van der Waals surface area contributed by atoms with Gasteiger partial charge in [-0.15, -0.1) is 11.3 Å². The van der Waals surface area contributed by atoms with Gasteiger partial charge in [0.05, 0.1) is 18.0 Å². The van der Waals surface area contributed by atoms with E-state index in [1.165, 1.54) is 18.4 Å². The number of amides is 3. The van der Waals surface area contributed by atoms with Crippen LogP contribution in [0.4, 0.5) is 9.80 Å². The summed E-state index contributed by atoms with van der Waals surface area (Å²) in [7, 11) is 1.41. The summed E-state index contributed by atoms with van der Waals surface area (Å²) in [6, 6.07) is 3.67. The van der Waals surface area contributed by atoms with Crippen LogP contribution in [-0.4, -0.2) is 61.0 Å². The largest absolute Gasteiger partial charge is 0.469 e. The van der Waals surface area contributed by atoms with Gasteiger partial charge in [0.1, 0.15) is 0 Å². The highest BCUT2D eigenvalue weighted by molar-refractivity contribution is 7.14. The summed E-state index contributed by atoms with van der Waals surface area (Å²) in [6.45, 7) is 2.40. The van der Waals surface area contributed by atoms with Gasteiger partial charge in [-0.1, -0.05) is 0 Å². The summed E-state index contributed by atoms with van der Waals surface area (Å²) in [5.74, 6) is -0.142. The van der Waals surface area contributed by atoms with Gasteiger partial charge in [-0.2, -0.15) is 0 Å². The Morgan fingerprint density at radius 2 is 1.65 bits per heavy atom. The van der Waals surface area contributed by atoms with Gasteiger partial charge in [-0.25, -0.2) is 4.79 Å². The van der Waals surface area contributed by atoms with Crippen molar-refractivity contribution in [2.45, 2.75) is 25.7 Å². The van der Waals surface area contributed by atoms with Gasteiger partial charge in [-0.3, -0.25) is 14.9 Å². The van der Waals surface area contributed by atoms with E-state index in [0.717, 1.165) is 5.00 Å². The van der Waals surface area contributed by atoms with Gasteiger partial charge in [0, 0.05) is 32.1 Å². The minimum Gasteiger partial charge on any atom is -0.469 e. The minimum absolute atomic E-state index is 0.0320. The molecule has 1 aromatic heterocycles. The molecule has 3 heterocycles. The number of methoxy groups -OCH3 is 1. The predicted molar refractivity (Wildman–Crippen MR) is 99.0 cm³/mol. The van der Waals surface area contributed by atoms with E-state index in [9.17, 15) is 14.4 Å². The van der Waals surface area contributed by atoms with Crippen molar-refractivity contribution in [1.29, 1.82) is 0 Å². The van der Waals surface area contributed by atoms with Crippen molar-refractivity contribution in [2.24, 2.45) is 11.8 Å². The van der Waals surface area contributed by atoms with Crippen LogP contribution in [0.1, 0.15) is 25.7 Å². The van der Waals surface area contributed by atoms with E-state index in [-0.39, 0.29) is 29.7 Å². The van der Waals surface area contributed by atoms with Crippen LogP contribution in [0.5, 0.6) is 0 Å². The number of piperidine rings is 2. The van der Waals surface area contributed by atoms with E-state index < -0.39 is 0 Å². The number of hydrogen-bond acceptors (Lipinski definition) is 5. The maximum absolute atomic E-state index is 12.7. The second-order valence-electron chi connectivity index (χ2n) is 6.79. The third-order valence-electron chi connectivity index (χ3n) is 5.22. The Bertz CT molecular complexity index is 633. The molecule has 26 heavy (non-hydrogen) atoms. The first-order valence-electron chi connectivity index (χ1n) is 9.04. The second kappa shape index (κ2) is 8.53. The van der Waals surface area contributed by atoms with Crippen LogP contribution in [0.25, 0.3) is 0 Å². The number of likely N-dealkylation sites (tertiary alicyclic amines) is 2. The molecule has 0 aromatic carbocycles. The number of anilines is 1. The summed E-state index contributed by atoms with van der Waals surface area (Å²) < 4.78 is 4.79. The highest BCUT2D eigenvalue weighted by Gasteiger charge is 2.33. The van der Waals surface area contributed by atoms with Gasteiger partial charge in [0.2, 0.25) is 5.91 Å². The molecule has 2 saturated heterocycles. The zero-order chi connectivity index (χ0) is 18.5. The Balaban J connectivity index is 1.44. The molecule has 0 bridgehead atoms. The van der Waals surface area contributed by atoms with E-state index >= 15 is 0 Å². The minimum atomic E-state index is -0.179. The molecule has 8 heteroatoms. The maximum Gasteiger partial charge on any atom is 0.322 e. The lowest BCUT2D eigenvalue weighted by Gasteiger charge is -2.36. The number of nitrogens with one attached hydrogen (secondary N) is 1. The van der Waals surface area contributed by atoms with Gasteiger partial charge >= 0.3 is 12.0 Å². The van der Waals surface area contributed by atoms with Gasteiger partial charge in [-0.05, 0) is 43.2 Å². The highest BCUT2D eigenvalue weighted by Crippen LogP contribution is 2.25. The molecule has 1 N–H and O–H groups in total. The summed E-state index contributed by atoms with van der Waals surface area (Å²) in [5.41, 5.74) is 0. The fourth-order valence-electron chi connectivity index (χ4n) is 3.62. The van der Waals surface area contributed by atoms with Gasteiger partial charge < -0.3 is 14.5 Å². The molecule has 1 aromatic rings. The SMILES string of the molecule is COC(=O)C1CCN(C(=O)C2CCN(C(=O)Nc3cccs3)CC2)CC1. The van der Waals surface area contributed by atoms with E-state index in [2.05, 4.69) is 5.32 Å². The summed E-state index contributed by atoms with van der Waals surface area (Å²) in [4.78, 5) is 40.2. The van der Waals surface area contributed by atoms with Crippen LogP contribution >= 0.6 is 11.3 Å². The van der Waals surface area contributed by atoms with Crippen LogP contribution in [-0.2, 0) is 14.3 Å². The van der Waals surface area contributed by atoms with Crippen molar-refractivity contribution in [2.75, 3.05) is 38.6 Å². The average Bonchev–Trinajstić information content (AvgIpc) is 3.20. The topological polar surface area (TPSA) is 79.0 Å². The Hall–Kier alpha value is -2.09. The molecule has 0 unspecified atom stereocenters. The number of nitrogens with zero attached hydrogens (tertiary/aromatic N) is 2. The first kappa shape index (κ1) is 18.7. The number of ether oxygens (including phenoxy) is 1. The molecule has 3 rings (SSSR count). The monoisotopic (exact) mass is 379 g/mol. The van der Waals surface area contributed by atoms with Crippen molar-refractivity contribution in [1.82, 2.24) is 9.80 Å². The van der Waals surface area contributed by atoms with Crippen molar-refractivity contribution >= 4 is 34.2 Å². The molecule has 0 atom stereocenters. The fraction of sp³-hybridized carbons (Fsp3) is 0.611. The first-order valence-corrected chi connectivity index (χ1v) is 9.92. The molecule has 2 fully saturated rings. The fourth-order valence-corrected chi connectivity index (χ4v) is 4.23. The van der Waals surface area contributed by atoms with Crippen LogP contribution < -0.4 is 5.32 Å². The average molecular weight is 379 g/mol. The van der Waals surface area contributed by atoms with E-state index in [4.69, 9.17) is 4.74 Å². The van der Waals surface area contributed by atoms with E-state index in [1.807, 2.05) is 22.4 Å².